The Morgan fingerprint density at radius 1 is 1.33 bits per heavy atom. The molecule has 0 radical (unpaired) electrons. The number of carbonyl (C=O) groups excluding carboxylic acids is 1. The number of carbonyl (C=O) groups is 1. The second kappa shape index (κ2) is 4.82. The first-order chi connectivity index (χ1) is 8.44. The number of nitrogens with one attached hydrogen (secondary N) is 1. The van der Waals surface area contributed by atoms with Crippen LogP contribution in [-0.2, 0) is 10.0 Å². The van der Waals surface area contributed by atoms with E-state index in [1.165, 1.54) is 19.1 Å². The molecule has 1 aromatic carbocycles. The summed E-state index contributed by atoms with van der Waals surface area (Å²) in [5.74, 6) is 0.399. The fraction of sp³-hybridized carbons (Fsp3) is 0.462. The average molecular weight is 267 g/mol. The Kier molecular flexibility index (Phi) is 3.54. The molecule has 1 fully saturated rings. The summed E-state index contributed by atoms with van der Waals surface area (Å²) in [7, 11) is -3.44. The van der Waals surface area contributed by atoms with Crippen LogP contribution in [0, 0.1) is 5.92 Å². The van der Waals surface area contributed by atoms with Crippen molar-refractivity contribution < 1.29 is 13.2 Å². The third-order valence-electron chi connectivity index (χ3n) is 3.32. The smallest absolute Gasteiger partial charge is 0.240 e. The topological polar surface area (TPSA) is 63.2 Å². The highest BCUT2D eigenvalue weighted by molar-refractivity contribution is 7.89. The molecular weight excluding hydrogens is 250 g/mol. The lowest BCUT2D eigenvalue weighted by atomic mass is 10.2. The van der Waals surface area contributed by atoms with Gasteiger partial charge in [-0.05, 0) is 31.4 Å². The molecule has 2 rings (SSSR count). The quantitative estimate of drug-likeness (QED) is 0.830. The zero-order valence-corrected chi connectivity index (χ0v) is 11.3. The molecule has 0 amide bonds. The molecule has 0 aliphatic heterocycles. The lowest BCUT2D eigenvalue weighted by Crippen LogP contribution is -2.27. The molecule has 1 aromatic rings. The van der Waals surface area contributed by atoms with Crippen LogP contribution in [0.5, 0.6) is 0 Å². The van der Waals surface area contributed by atoms with Crippen LogP contribution in [0.3, 0.4) is 0 Å². The Balaban J connectivity index is 2.12. The van der Waals surface area contributed by atoms with Gasteiger partial charge >= 0.3 is 0 Å². The monoisotopic (exact) mass is 267 g/mol. The first kappa shape index (κ1) is 13.2. The SMILES string of the molecule is CCC1CC1NS(=O)(=O)c1ccc(C(C)=O)cc1. The summed E-state index contributed by atoms with van der Waals surface area (Å²) in [6.07, 6.45) is 1.91. The molecule has 1 saturated carbocycles. The molecule has 0 spiro atoms. The largest absolute Gasteiger partial charge is 0.295 e. The molecule has 0 heterocycles. The van der Waals surface area contributed by atoms with Crippen molar-refractivity contribution in [3.8, 4) is 0 Å². The highest BCUT2D eigenvalue weighted by Gasteiger charge is 2.38. The van der Waals surface area contributed by atoms with Crippen molar-refractivity contribution >= 4 is 15.8 Å². The average Bonchev–Trinajstić information content (AvgIpc) is 3.06. The van der Waals surface area contributed by atoms with Crippen LogP contribution in [-0.4, -0.2) is 20.2 Å². The van der Waals surface area contributed by atoms with Gasteiger partial charge in [-0.1, -0.05) is 25.5 Å². The van der Waals surface area contributed by atoms with Crippen LogP contribution in [0.4, 0.5) is 0 Å². The summed E-state index contributed by atoms with van der Waals surface area (Å²) < 4.78 is 26.7. The van der Waals surface area contributed by atoms with E-state index in [2.05, 4.69) is 11.6 Å². The van der Waals surface area contributed by atoms with Gasteiger partial charge in [0, 0.05) is 11.6 Å². The number of Topliss-reactive ketones (excluding diaryl/α,β-unsaturated/α-hetero) is 1. The molecule has 2 atom stereocenters. The molecule has 1 N–H and O–H groups in total. The van der Waals surface area contributed by atoms with Crippen LogP contribution < -0.4 is 4.72 Å². The van der Waals surface area contributed by atoms with E-state index in [4.69, 9.17) is 0 Å². The van der Waals surface area contributed by atoms with Gasteiger partial charge in [-0.2, -0.15) is 0 Å². The van der Waals surface area contributed by atoms with Crippen molar-refractivity contribution in [2.45, 2.75) is 37.6 Å². The van der Waals surface area contributed by atoms with Crippen LogP contribution in [0.2, 0.25) is 0 Å². The number of rotatable bonds is 5. The van der Waals surface area contributed by atoms with E-state index < -0.39 is 10.0 Å². The number of ketones is 1. The van der Waals surface area contributed by atoms with Crippen LogP contribution in [0.25, 0.3) is 0 Å². The Labute approximate surface area is 107 Å². The highest BCUT2D eigenvalue weighted by Crippen LogP contribution is 2.34. The van der Waals surface area contributed by atoms with Gasteiger partial charge in [-0.3, -0.25) is 4.79 Å². The van der Waals surface area contributed by atoms with E-state index in [0.717, 1.165) is 12.8 Å². The van der Waals surface area contributed by atoms with Crippen LogP contribution in [0.15, 0.2) is 29.2 Å². The maximum Gasteiger partial charge on any atom is 0.240 e. The first-order valence-electron chi connectivity index (χ1n) is 6.07. The van der Waals surface area contributed by atoms with Gasteiger partial charge in [-0.15, -0.1) is 0 Å². The third-order valence-corrected chi connectivity index (χ3v) is 4.83. The maximum atomic E-state index is 12.0. The van der Waals surface area contributed by atoms with Crippen molar-refractivity contribution in [2.75, 3.05) is 0 Å². The van der Waals surface area contributed by atoms with E-state index >= 15 is 0 Å². The van der Waals surface area contributed by atoms with E-state index in [9.17, 15) is 13.2 Å². The summed E-state index contributed by atoms with van der Waals surface area (Å²) in [5.41, 5.74) is 0.520. The number of hydrogen-bond acceptors (Lipinski definition) is 3. The van der Waals surface area contributed by atoms with Gasteiger partial charge in [0.15, 0.2) is 5.78 Å². The molecule has 2 unspecified atom stereocenters. The summed E-state index contributed by atoms with van der Waals surface area (Å²) in [6, 6.07) is 6.11. The Hall–Kier alpha value is -1.20. The Morgan fingerprint density at radius 2 is 1.94 bits per heavy atom. The molecule has 0 aromatic heterocycles. The summed E-state index contributed by atoms with van der Waals surface area (Å²) in [6.45, 7) is 3.51. The summed E-state index contributed by atoms with van der Waals surface area (Å²) in [5, 5.41) is 0. The minimum Gasteiger partial charge on any atom is -0.295 e. The Bertz CT molecular complexity index is 548. The van der Waals surface area contributed by atoms with E-state index in [-0.39, 0.29) is 16.7 Å². The third kappa shape index (κ3) is 2.79. The second-order valence-electron chi connectivity index (χ2n) is 4.71. The fourth-order valence-corrected chi connectivity index (χ4v) is 3.30. The van der Waals surface area contributed by atoms with E-state index in [1.54, 1.807) is 12.1 Å². The van der Waals surface area contributed by atoms with Gasteiger partial charge in [0.1, 0.15) is 0 Å². The highest BCUT2D eigenvalue weighted by atomic mass is 32.2. The minimum absolute atomic E-state index is 0.0693. The molecule has 0 bridgehead atoms. The van der Waals surface area contributed by atoms with Crippen molar-refractivity contribution in [1.29, 1.82) is 0 Å². The summed E-state index contributed by atoms with van der Waals surface area (Å²) in [4.78, 5) is 11.3. The van der Waals surface area contributed by atoms with Crippen LogP contribution in [0.1, 0.15) is 37.0 Å². The van der Waals surface area contributed by atoms with Crippen LogP contribution >= 0.6 is 0 Å². The molecule has 1 aliphatic carbocycles. The second-order valence-corrected chi connectivity index (χ2v) is 6.43. The Morgan fingerprint density at radius 3 is 2.39 bits per heavy atom. The molecule has 1 aliphatic rings. The van der Waals surface area contributed by atoms with Crippen molar-refractivity contribution in [3.63, 3.8) is 0 Å². The number of hydrogen-bond donors (Lipinski definition) is 1. The predicted molar refractivity (Wildman–Crippen MR) is 69.0 cm³/mol. The fourth-order valence-electron chi connectivity index (χ4n) is 1.98. The molecule has 98 valence electrons. The number of sulfonamides is 1. The molecule has 18 heavy (non-hydrogen) atoms. The van der Waals surface area contributed by atoms with Crippen molar-refractivity contribution in [3.05, 3.63) is 29.8 Å². The minimum atomic E-state index is -3.44. The van der Waals surface area contributed by atoms with Gasteiger partial charge in [0.2, 0.25) is 10.0 Å². The molecule has 5 heteroatoms. The van der Waals surface area contributed by atoms with E-state index in [0.29, 0.717) is 11.5 Å². The molecular formula is C13H17NO3S. The standard InChI is InChI=1S/C13H17NO3S/c1-3-10-8-13(10)14-18(16,17)12-6-4-11(5-7-12)9(2)15/h4-7,10,13-14H,3,8H2,1-2H3. The maximum absolute atomic E-state index is 12.0. The predicted octanol–water partition coefficient (Wildman–Crippen LogP) is 1.97. The lowest BCUT2D eigenvalue weighted by molar-refractivity contribution is 0.101. The van der Waals surface area contributed by atoms with Gasteiger partial charge < -0.3 is 0 Å². The van der Waals surface area contributed by atoms with Gasteiger partial charge in [0.05, 0.1) is 4.90 Å². The first-order valence-corrected chi connectivity index (χ1v) is 7.55. The van der Waals surface area contributed by atoms with Gasteiger partial charge in [-0.25, -0.2) is 13.1 Å². The zero-order valence-electron chi connectivity index (χ0n) is 10.5. The molecule has 4 nitrogen and oxygen atoms in total. The van der Waals surface area contributed by atoms with Crippen molar-refractivity contribution in [2.24, 2.45) is 5.92 Å². The molecule has 0 saturated heterocycles. The normalized spacial score (nSPS) is 22.8. The van der Waals surface area contributed by atoms with Gasteiger partial charge in [0.25, 0.3) is 0 Å². The number of benzene rings is 1. The summed E-state index contributed by atoms with van der Waals surface area (Å²) >= 11 is 0. The van der Waals surface area contributed by atoms with Crippen molar-refractivity contribution in [1.82, 2.24) is 4.72 Å². The lowest BCUT2D eigenvalue weighted by Gasteiger charge is -2.06. The zero-order chi connectivity index (χ0) is 13.3. The van der Waals surface area contributed by atoms with E-state index in [1.807, 2.05) is 0 Å².